The van der Waals surface area contributed by atoms with Gasteiger partial charge in [-0.1, -0.05) is 88.5 Å². The Morgan fingerprint density at radius 2 is 1.67 bits per heavy atom. The van der Waals surface area contributed by atoms with Gasteiger partial charge in [0, 0.05) is 12.0 Å². The molecule has 0 aliphatic rings. The molecule has 0 aliphatic carbocycles. The van der Waals surface area contributed by atoms with Crippen LogP contribution in [0.5, 0.6) is 5.75 Å². The first-order valence-corrected chi connectivity index (χ1v) is 10.2. The quantitative estimate of drug-likeness (QED) is 0.230. The Balaban J connectivity index is 0.000000621. The fraction of sp³-hybridized carbons (Fsp3) is 0.500. The number of para-hydroxylation sites is 1. The van der Waals surface area contributed by atoms with Crippen LogP contribution in [0.25, 0.3) is 0 Å². The van der Waals surface area contributed by atoms with Crippen LogP contribution in [0.4, 0.5) is 0 Å². The Morgan fingerprint density at radius 1 is 1.00 bits per heavy atom. The van der Waals surface area contributed by atoms with Crippen LogP contribution in [0.2, 0.25) is 0 Å². The van der Waals surface area contributed by atoms with E-state index in [1.807, 2.05) is 19.1 Å². The standard InChI is InChI=1S/C17H30O.C7H8O2/c1-4-7-9-10-11-12-14-16-17(18-6-3)15-13-8-5-2;8-5-6-3-1-2-4-7(6)9/h5,8,13,15H,2,4,6-7,9-12,14,16H2,1,3H3;1-4,8-9H,5H2/b13-8+,17-15-;. The minimum atomic E-state index is -0.104. The van der Waals surface area contributed by atoms with Crippen molar-refractivity contribution in [3.05, 3.63) is 66.5 Å². The monoisotopic (exact) mass is 374 g/mol. The number of ether oxygens (including phenoxy) is 1. The Hall–Kier alpha value is -2.00. The van der Waals surface area contributed by atoms with E-state index < -0.39 is 0 Å². The van der Waals surface area contributed by atoms with Gasteiger partial charge in [0.15, 0.2) is 0 Å². The number of hydrogen-bond donors (Lipinski definition) is 2. The number of unbranched alkanes of at least 4 members (excludes halogenated alkanes) is 6. The molecule has 1 aromatic carbocycles. The van der Waals surface area contributed by atoms with Crippen LogP contribution in [-0.2, 0) is 11.3 Å². The van der Waals surface area contributed by atoms with Crippen LogP contribution in [0, 0.1) is 0 Å². The second-order valence-electron chi connectivity index (χ2n) is 6.34. The van der Waals surface area contributed by atoms with E-state index in [4.69, 9.17) is 14.9 Å². The number of allylic oxidation sites excluding steroid dienone is 5. The summed E-state index contributed by atoms with van der Waals surface area (Å²) in [7, 11) is 0. The summed E-state index contributed by atoms with van der Waals surface area (Å²) < 4.78 is 5.61. The number of benzene rings is 1. The summed E-state index contributed by atoms with van der Waals surface area (Å²) in [6.45, 7) is 8.60. The minimum Gasteiger partial charge on any atom is -0.508 e. The largest absolute Gasteiger partial charge is 0.508 e. The van der Waals surface area contributed by atoms with E-state index in [9.17, 15) is 0 Å². The zero-order chi connectivity index (χ0) is 20.2. The van der Waals surface area contributed by atoms with Gasteiger partial charge in [0.2, 0.25) is 0 Å². The van der Waals surface area contributed by atoms with E-state index in [2.05, 4.69) is 19.6 Å². The molecule has 27 heavy (non-hydrogen) atoms. The molecule has 1 rings (SSSR count). The smallest absolute Gasteiger partial charge is 0.121 e. The molecule has 0 aromatic heterocycles. The maximum atomic E-state index is 8.95. The first-order valence-electron chi connectivity index (χ1n) is 10.2. The first-order chi connectivity index (χ1) is 13.2. The van der Waals surface area contributed by atoms with Gasteiger partial charge >= 0.3 is 0 Å². The average Bonchev–Trinajstić information content (AvgIpc) is 2.68. The molecule has 0 bridgehead atoms. The predicted octanol–water partition coefficient (Wildman–Crippen LogP) is 6.67. The SMILES string of the molecule is C=C/C=C/C=C(/CCCCCCCCC)OCC.OCc1ccccc1O. The minimum absolute atomic E-state index is 0.104. The van der Waals surface area contributed by atoms with Crippen molar-refractivity contribution in [3.63, 3.8) is 0 Å². The van der Waals surface area contributed by atoms with Crippen molar-refractivity contribution in [2.45, 2.75) is 71.8 Å². The molecule has 0 spiro atoms. The number of rotatable bonds is 13. The third-order valence-corrected chi connectivity index (χ3v) is 4.05. The number of aliphatic hydroxyl groups is 1. The molecule has 1 aromatic rings. The van der Waals surface area contributed by atoms with Crippen LogP contribution < -0.4 is 0 Å². The molecule has 152 valence electrons. The molecule has 0 saturated heterocycles. The second-order valence-corrected chi connectivity index (χ2v) is 6.34. The van der Waals surface area contributed by atoms with Crippen molar-refractivity contribution < 1.29 is 14.9 Å². The maximum absolute atomic E-state index is 8.95. The summed E-state index contributed by atoms with van der Waals surface area (Å²) in [5, 5.41) is 17.5. The highest BCUT2D eigenvalue weighted by molar-refractivity contribution is 5.30. The highest BCUT2D eigenvalue weighted by atomic mass is 16.5. The van der Waals surface area contributed by atoms with Crippen LogP contribution in [0.3, 0.4) is 0 Å². The molecule has 3 heteroatoms. The highest BCUT2D eigenvalue weighted by Gasteiger charge is 1.97. The molecule has 2 N–H and O–H groups in total. The lowest BCUT2D eigenvalue weighted by Gasteiger charge is -2.07. The molecule has 0 aliphatic heterocycles. The summed E-state index contributed by atoms with van der Waals surface area (Å²) in [5.74, 6) is 1.25. The number of aliphatic hydroxyl groups excluding tert-OH is 1. The Bertz CT molecular complexity index is 532. The lowest BCUT2D eigenvalue weighted by Crippen LogP contribution is -1.92. The normalized spacial score (nSPS) is 11.1. The van der Waals surface area contributed by atoms with Crippen molar-refractivity contribution in [1.29, 1.82) is 0 Å². The van der Waals surface area contributed by atoms with Gasteiger partial charge in [0.1, 0.15) is 5.75 Å². The van der Waals surface area contributed by atoms with Crippen molar-refractivity contribution in [3.8, 4) is 5.75 Å². The fourth-order valence-corrected chi connectivity index (χ4v) is 2.53. The second kappa shape index (κ2) is 18.8. The maximum Gasteiger partial charge on any atom is 0.121 e. The van der Waals surface area contributed by atoms with Crippen molar-refractivity contribution in [1.82, 2.24) is 0 Å². The van der Waals surface area contributed by atoms with E-state index in [0.717, 1.165) is 18.8 Å². The molecule has 0 radical (unpaired) electrons. The first kappa shape index (κ1) is 25.0. The molecule has 0 heterocycles. The average molecular weight is 375 g/mol. The van der Waals surface area contributed by atoms with Gasteiger partial charge in [-0.2, -0.15) is 0 Å². The zero-order valence-corrected chi connectivity index (χ0v) is 17.2. The molecule has 0 saturated carbocycles. The predicted molar refractivity (Wildman–Crippen MR) is 116 cm³/mol. The van der Waals surface area contributed by atoms with Gasteiger partial charge in [-0.05, 0) is 25.5 Å². The Kier molecular flexibility index (Phi) is 17.4. The van der Waals surface area contributed by atoms with E-state index in [-0.39, 0.29) is 12.4 Å². The van der Waals surface area contributed by atoms with Crippen LogP contribution in [0.1, 0.15) is 70.8 Å². The van der Waals surface area contributed by atoms with Crippen molar-refractivity contribution >= 4 is 0 Å². The number of phenols is 1. The molecular weight excluding hydrogens is 336 g/mol. The molecular formula is C24H38O3. The third kappa shape index (κ3) is 14.8. The summed E-state index contributed by atoms with van der Waals surface area (Å²) in [6, 6.07) is 6.71. The fourth-order valence-electron chi connectivity index (χ4n) is 2.53. The molecule has 3 nitrogen and oxygen atoms in total. The van der Waals surface area contributed by atoms with Gasteiger partial charge in [0.25, 0.3) is 0 Å². The molecule has 0 atom stereocenters. The number of hydrogen-bond acceptors (Lipinski definition) is 3. The van der Waals surface area contributed by atoms with Crippen molar-refractivity contribution in [2.24, 2.45) is 0 Å². The molecule has 0 amide bonds. The van der Waals surface area contributed by atoms with Crippen molar-refractivity contribution in [2.75, 3.05) is 6.61 Å². The number of aromatic hydroxyl groups is 1. The van der Waals surface area contributed by atoms with E-state index >= 15 is 0 Å². The van der Waals surface area contributed by atoms with Crippen LogP contribution in [0.15, 0.2) is 60.9 Å². The topological polar surface area (TPSA) is 49.7 Å². The summed E-state index contributed by atoms with van der Waals surface area (Å²) in [4.78, 5) is 0. The lowest BCUT2D eigenvalue weighted by molar-refractivity contribution is 0.216. The van der Waals surface area contributed by atoms with Gasteiger partial charge in [0.05, 0.1) is 19.0 Å². The molecule has 0 fully saturated rings. The summed E-state index contributed by atoms with van der Waals surface area (Å²) in [5.41, 5.74) is 0.567. The highest BCUT2D eigenvalue weighted by Crippen LogP contribution is 2.14. The van der Waals surface area contributed by atoms with E-state index in [0.29, 0.717) is 5.56 Å². The van der Waals surface area contributed by atoms with Crippen LogP contribution >= 0.6 is 0 Å². The molecule has 0 unspecified atom stereocenters. The summed E-state index contributed by atoms with van der Waals surface area (Å²) in [6.07, 6.45) is 18.2. The summed E-state index contributed by atoms with van der Waals surface area (Å²) >= 11 is 0. The Morgan fingerprint density at radius 3 is 2.22 bits per heavy atom. The third-order valence-electron chi connectivity index (χ3n) is 4.05. The van der Waals surface area contributed by atoms with E-state index in [1.54, 1.807) is 30.3 Å². The van der Waals surface area contributed by atoms with Gasteiger partial charge in [-0.25, -0.2) is 0 Å². The van der Waals surface area contributed by atoms with Gasteiger partial charge < -0.3 is 14.9 Å². The van der Waals surface area contributed by atoms with E-state index in [1.165, 1.54) is 44.9 Å². The van der Waals surface area contributed by atoms with Crippen LogP contribution in [-0.4, -0.2) is 16.8 Å². The van der Waals surface area contributed by atoms with Gasteiger partial charge in [-0.15, -0.1) is 0 Å². The van der Waals surface area contributed by atoms with Gasteiger partial charge in [-0.3, -0.25) is 0 Å². The zero-order valence-electron chi connectivity index (χ0n) is 17.2. The Labute approximate surface area is 166 Å². The lowest BCUT2D eigenvalue weighted by atomic mass is 10.1.